The molecule has 0 spiro atoms. The maximum atomic E-state index is 11.3. The average molecular weight is 266 g/mol. The van der Waals surface area contributed by atoms with E-state index >= 15 is 0 Å². The minimum absolute atomic E-state index is 0.0421. The van der Waals surface area contributed by atoms with Gasteiger partial charge in [-0.3, -0.25) is 0 Å². The molecule has 0 radical (unpaired) electrons. The summed E-state index contributed by atoms with van der Waals surface area (Å²) in [5, 5.41) is -0.0421. The summed E-state index contributed by atoms with van der Waals surface area (Å²) in [6.07, 6.45) is 3.15. The lowest BCUT2D eigenvalue weighted by atomic mass is 10.3. The molecular weight excluding hydrogens is 251 g/mol. The highest BCUT2D eigenvalue weighted by atomic mass is 31.2. The molecule has 0 rings (SSSR count). The van der Waals surface area contributed by atoms with E-state index in [1.165, 1.54) is 11.9 Å². The summed E-state index contributed by atoms with van der Waals surface area (Å²) in [4.78, 5) is 43.5. The predicted molar refractivity (Wildman–Crippen MR) is 71.6 cm³/mol. The minimum Gasteiger partial charge on any atom is -0.234 e. The van der Waals surface area contributed by atoms with Crippen LogP contribution in [-0.4, -0.2) is 35.8 Å². The van der Waals surface area contributed by atoms with Crippen molar-refractivity contribution in [3.63, 3.8) is 0 Å². The van der Waals surface area contributed by atoms with Gasteiger partial charge in [-0.05, 0) is 12.3 Å². The molecule has 0 aromatic rings. The molecule has 96 valence electrons. The largest absolute Gasteiger partial charge is 0.234 e. The molecule has 0 amide bonds. The first-order valence-electron chi connectivity index (χ1n) is 5.64. The fourth-order valence-corrected chi connectivity index (χ4v) is 5.03. The maximum absolute atomic E-state index is 11.3. The molecule has 5 heteroatoms. The van der Waals surface area contributed by atoms with Crippen LogP contribution in [0.15, 0.2) is 17.0 Å². The van der Waals surface area contributed by atoms with E-state index in [-0.39, 0.29) is 10.9 Å². The Morgan fingerprint density at radius 3 is 1.83 bits per heavy atom. The predicted octanol–water partition coefficient (Wildman–Crippen LogP) is 1.75. The van der Waals surface area contributed by atoms with Crippen LogP contribution in [0.25, 0.3) is 0 Å². The van der Waals surface area contributed by atoms with Crippen LogP contribution in [0.5, 0.6) is 0 Å². The van der Waals surface area contributed by atoms with Crippen molar-refractivity contribution in [1.82, 2.24) is 0 Å². The second kappa shape index (κ2) is 8.45. The zero-order chi connectivity index (χ0) is 14.0. The van der Waals surface area contributed by atoms with Crippen LogP contribution in [0, 0.1) is 0 Å². The molecule has 0 fully saturated rings. The highest BCUT2D eigenvalue weighted by Crippen LogP contribution is 2.56. The summed E-state index contributed by atoms with van der Waals surface area (Å²) < 4.78 is 0. The Kier molecular flexibility index (Phi) is 7.68. The molecule has 0 heterocycles. The first-order valence-corrected chi connectivity index (χ1v) is 7.80. The smallest absolute Gasteiger partial charge is 0.134 e. The van der Waals surface area contributed by atoms with Gasteiger partial charge in [0.05, 0.1) is 10.9 Å². The number of rotatable bonds is 7. The van der Waals surface area contributed by atoms with Gasteiger partial charge in [-0.25, -0.2) is 19.2 Å². The normalized spacial score (nSPS) is 9.44. The summed E-state index contributed by atoms with van der Waals surface area (Å²) in [6.45, 7) is 1.25. The van der Waals surface area contributed by atoms with E-state index in [0.717, 1.165) is 6.08 Å². The quantitative estimate of drug-likeness (QED) is 0.400. The molecule has 4 nitrogen and oxygen atoms in total. The zero-order valence-corrected chi connectivity index (χ0v) is 11.4. The van der Waals surface area contributed by atoms with Crippen molar-refractivity contribution >= 4 is 30.4 Å². The van der Waals surface area contributed by atoms with E-state index in [4.69, 9.17) is 0 Å². The van der Waals surface area contributed by atoms with Gasteiger partial charge >= 0.3 is 0 Å². The van der Waals surface area contributed by atoms with E-state index in [1.54, 1.807) is 5.94 Å². The van der Waals surface area contributed by atoms with E-state index in [1.807, 2.05) is 19.5 Å². The van der Waals surface area contributed by atoms with Crippen molar-refractivity contribution in [2.75, 3.05) is 12.3 Å². The molecule has 0 saturated heterocycles. The molecule has 0 N–H and O–H groups in total. The first-order chi connectivity index (χ1) is 8.65. The van der Waals surface area contributed by atoms with Gasteiger partial charge in [-0.1, -0.05) is 26.7 Å². The van der Waals surface area contributed by atoms with Crippen LogP contribution >= 0.6 is 6.89 Å². The summed E-state index contributed by atoms with van der Waals surface area (Å²) in [6, 6.07) is 0. The average Bonchev–Trinajstić information content (AvgIpc) is 2.38. The molecule has 0 aliphatic rings. The topological polar surface area (TPSA) is 68.3 Å². The van der Waals surface area contributed by atoms with Crippen molar-refractivity contribution in [3.05, 3.63) is 17.0 Å². The van der Waals surface area contributed by atoms with Crippen LogP contribution in [0.3, 0.4) is 0 Å². The van der Waals surface area contributed by atoms with E-state index in [2.05, 4.69) is 0 Å². The lowest BCUT2D eigenvalue weighted by Crippen LogP contribution is -2.02. The molecule has 18 heavy (non-hydrogen) atoms. The second-order valence-electron chi connectivity index (χ2n) is 3.73. The fourth-order valence-electron chi connectivity index (χ4n) is 1.81. The van der Waals surface area contributed by atoms with Gasteiger partial charge in [0.1, 0.15) is 23.5 Å². The van der Waals surface area contributed by atoms with Gasteiger partial charge in [0, 0.05) is 13.0 Å². The Hall–Kier alpha value is -1.64. The van der Waals surface area contributed by atoms with Crippen LogP contribution in [0.4, 0.5) is 0 Å². The van der Waals surface area contributed by atoms with Gasteiger partial charge in [0.15, 0.2) is 0 Å². The second-order valence-corrected chi connectivity index (χ2v) is 7.19. The summed E-state index contributed by atoms with van der Waals surface area (Å²) in [5.41, 5.74) is 1.73. The van der Waals surface area contributed by atoms with Crippen molar-refractivity contribution < 1.29 is 19.2 Å². The molecule has 0 aliphatic carbocycles. The zero-order valence-electron chi connectivity index (χ0n) is 10.5. The molecule has 0 aliphatic heterocycles. The van der Waals surface area contributed by atoms with Crippen molar-refractivity contribution in [2.24, 2.45) is 0 Å². The maximum Gasteiger partial charge on any atom is 0.134 e. The minimum atomic E-state index is -2.51. The fraction of sp³-hybridized carbons (Fsp3) is 0.462. The standard InChI is InChI=1S/C13H15O4P/c1-3-7-18(11-17,8-4-2)13(10-16)12(9-15)5-6-14/h5H,3-4,7-8H2,1-2H3. The molecule has 0 bridgehead atoms. The number of hydrogen-bond donors (Lipinski definition) is 0. The lowest BCUT2D eigenvalue weighted by molar-refractivity contribution is 0.564. The Morgan fingerprint density at radius 1 is 1.00 bits per heavy atom. The Bertz CT molecular complexity index is 511. The van der Waals surface area contributed by atoms with E-state index in [9.17, 15) is 19.2 Å². The Labute approximate surface area is 106 Å². The van der Waals surface area contributed by atoms with Gasteiger partial charge in [-0.2, -0.15) is 0 Å². The number of allylic oxidation sites excluding steroid dienone is 3. The monoisotopic (exact) mass is 266 g/mol. The summed E-state index contributed by atoms with van der Waals surface area (Å²) >= 11 is 0. The van der Waals surface area contributed by atoms with Crippen molar-refractivity contribution in [2.45, 2.75) is 26.7 Å². The third kappa shape index (κ3) is 3.69. The molecule has 0 atom stereocenters. The van der Waals surface area contributed by atoms with Gasteiger partial charge in [0.2, 0.25) is 0 Å². The van der Waals surface area contributed by atoms with Crippen LogP contribution < -0.4 is 0 Å². The molecule has 0 saturated carbocycles. The van der Waals surface area contributed by atoms with Crippen molar-refractivity contribution in [3.8, 4) is 0 Å². The van der Waals surface area contributed by atoms with E-state index < -0.39 is 6.89 Å². The number of hydrogen-bond acceptors (Lipinski definition) is 4. The van der Waals surface area contributed by atoms with Crippen LogP contribution in [-0.2, 0) is 19.2 Å². The van der Waals surface area contributed by atoms with Crippen LogP contribution in [0.2, 0.25) is 0 Å². The van der Waals surface area contributed by atoms with Gasteiger partial charge in [0.25, 0.3) is 0 Å². The Morgan fingerprint density at radius 2 is 1.56 bits per heavy atom. The molecule has 0 aromatic heterocycles. The summed E-state index contributed by atoms with van der Waals surface area (Å²) in [5.74, 6) is 4.58. The van der Waals surface area contributed by atoms with Gasteiger partial charge in [-0.15, -0.1) is 0 Å². The van der Waals surface area contributed by atoms with Gasteiger partial charge < -0.3 is 0 Å². The van der Waals surface area contributed by atoms with Crippen molar-refractivity contribution in [1.29, 1.82) is 0 Å². The number of carbonyl (C=O) groups excluding carboxylic acids is 4. The van der Waals surface area contributed by atoms with Crippen LogP contribution in [0.1, 0.15) is 26.7 Å². The third-order valence-corrected chi connectivity index (χ3v) is 6.44. The molecule has 0 aromatic carbocycles. The molecular formula is C13H15O4P. The highest BCUT2D eigenvalue weighted by Gasteiger charge is 2.27. The summed E-state index contributed by atoms with van der Waals surface area (Å²) in [7, 11) is 0. The Balaban J connectivity index is 6.04. The SMILES string of the molecule is CCCP(=C=O)(CCC)C(=C=O)C(=C=O)C=C=O. The first kappa shape index (κ1) is 16.4. The third-order valence-electron chi connectivity index (χ3n) is 2.48. The lowest BCUT2D eigenvalue weighted by Gasteiger charge is -2.20. The molecule has 0 unspecified atom stereocenters. The van der Waals surface area contributed by atoms with E-state index in [0.29, 0.717) is 25.2 Å². The highest BCUT2D eigenvalue weighted by molar-refractivity contribution is 7.78.